The fourth-order valence-electron chi connectivity index (χ4n) is 2.37. The van der Waals surface area contributed by atoms with Gasteiger partial charge >= 0.3 is 0 Å². The molecular weight excluding hydrogens is 248 g/mol. The molecule has 0 aromatic heterocycles. The summed E-state index contributed by atoms with van der Waals surface area (Å²) in [4.78, 5) is 0. The highest BCUT2D eigenvalue weighted by Gasteiger charge is 2.32. The highest BCUT2D eigenvalue weighted by Crippen LogP contribution is 2.32. The normalized spacial score (nSPS) is 17.3. The van der Waals surface area contributed by atoms with E-state index in [0.717, 1.165) is 38.1 Å². The van der Waals surface area contributed by atoms with Crippen molar-refractivity contribution in [1.82, 2.24) is 5.32 Å². The largest absolute Gasteiger partial charge is 0.497 e. The van der Waals surface area contributed by atoms with Gasteiger partial charge in [-0.25, -0.2) is 0 Å². The van der Waals surface area contributed by atoms with Crippen molar-refractivity contribution in [2.75, 3.05) is 20.2 Å². The van der Waals surface area contributed by atoms with Crippen molar-refractivity contribution in [1.29, 1.82) is 5.26 Å². The van der Waals surface area contributed by atoms with Crippen LogP contribution in [0.25, 0.3) is 0 Å². The third-order valence-corrected chi connectivity index (χ3v) is 3.50. The van der Waals surface area contributed by atoms with Crippen molar-refractivity contribution in [2.24, 2.45) is 5.41 Å². The third kappa shape index (κ3) is 3.38. The van der Waals surface area contributed by atoms with E-state index in [1.54, 1.807) is 7.11 Å². The van der Waals surface area contributed by atoms with Crippen LogP contribution in [0.1, 0.15) is 18.4 Å². The number of nitrogens with one attached hydrogen (secondary N) is 1. The first-order valence-electron chi connectivity index (χ1n) is 6.03. The molecule has 2 rings (SSSR count). The summed E-state index contributed by atoms with van der Waals surface area (Å²) in [6.07, 6.45) is 2.72. The Bertz CT molecular complexity index is 405. The summed E-state index contributed by atoms with van der Waals surface area (Å²) in [6, 6.07) is 10.6. The van der Waals surface area contributed by atoms with Crippen molar-refractivity contribution < 1.29 is 4.74 Å². The van der Waals surface area contributed by atoms with Crippen molar-refractivity contribution >= 4 is 12.4 Å². The van der Waals surface area contributed by atoms with Crippen LogP contribution >= 0.6 is 12.4 Å². The van der Waals surface area contributed by atoms with E-state index in [2.05, 4.69) is 23.5 Å². The van der Waals surface area contributed by atoms with Gasteiger partial charge < -0.3 is 10.1 Å². The maximum atomic E-state index is 9.40. The van der Waals surface area contributed by atoms with Crippen molar-refractivity contribution in [3.05, 3.63) is 29.8 Å². The zero-order valence-corrected chi connectivity index (χ0v) is 11.4. The SMILES string of the molecule is COc1ccc(CC2(C#N)CCNCC2)cc1.Cl. The molecule has 0 radical (unpaired) electrons. The molecule has 0 unspecified atom stereocenters. The van der Waals surface area contributed by atoms with Gasteiger partial charge in [-0.05, 0) is 50.0 Å². The molecule has 1 heterocycles. The Morgan fingerprint density at radius 2 is 1.89 bits per heavy atom. The fourth-order valence-corrected chi connectivity index (χ4v) is 2.37. The Labute approximate surface area is 115 Å². The second kappa shape index (κ2) is 6.63. The van der Waals surface area contributed by atoms with Gasteiger partial charge in [0.1, 0.15) is 5.75 Å². The molecule has 1 N–H and O–H groups in total. The second-order valence-electron chi connectivity index (χ2n) is 4.67. The molecule has 98 valence electrons. The van der Waals surface area contributed by atoms with Crippen LogP contribution in [-0.4, -0.2) is 20.2 Å². The van der Waals surface area contributed by atoms with Gasteiger partial charge in [-0.3, -0.25) is 0 Å². The molecular formula is C14H19ClN2O. The summed E-state index contributed by atoms with van der Waals surface area (Å²) >= 11 is 0. The van der Waals surface area contributed by atoms with E-state index in [-0.39, 0.29) is 17.8 Å². The minimum atomic E-state index is -0.181. The van der Waals surface area contributed by atoms with Crippen LogP contribution in [0, 0.1) is 16.7 Å². The highest BCUT2D eigenvalue weighted by atomic mass is 35.5. The Kier molecular flexibility index (Phi) is 5.46. The lowest BCUT2D eigenvalue weighted by Crippen LogP contribution is -2.37. The van der Waals surface area contributed by atoms with Crippen LogP contribution in [0.2, 0.25) is 0 Å². The third-order valence-electron chi connectivity index (χ3n) is 3.50. The lowest BCUT2D eigenvalue weighted by molar-refractivity contribution is 0.280. The number of nitrogens with zero attached hydrogens (tertiary/aromatic N) is 1. The monoisotopic (exact) mass is 266 g/mol. The van der Waals surface area contributed by atoms with Gasteiger partial charge in [0.05, 0.1) is 18.6 Å². The standard InChI is InChI=1S/C14H18N2O.ClH/c1-17-13-4-2-12(3-5-13)10-14(11-15)6-8-16-9-7-14;/h2-5,16H,6-10H2,1H3;1H. The molecule has 1 aromatic rings. The number of hydrogen-bond acceptors (Lipinski definition) is 3. The zero-order valence-electron chi connectivity index (χ0n) is 10.6. The van der Waals surface area contributed by atoms with Crippen LogP contribution in [0.5, 0.6) is 5.75 Å². The summed E-state index contributed by atoms with van der Waals surface area (Å²) in [7, 11) is 1.67. The van der Waals surface area contributed by atoms with Crippen LogP contribution in [-0.2, 0) is 6.42 Å². The average molecular weight is 267 g/mol. The molecule has 3 nitrogen and oxygen atoms in total. The Hall–Kier alpha value is -1.24. The molecule has 1 aliphatic rings. The van der Waals surface area contributed by atoms with E-state index in [1.165, 1.54) is 5.56 Å². The summed E-state index contributed by atoms with van der Waals surface area (Å²) < 4.78 is 5.14. The van der Waals surface area contributed by atoms with Crippen LogP contribution in [0.3, 0.4) is 0 Å². The summed E-state index contributed by atoms with van der Waals surface area (Å²) in [6.45, 7) is 1.90. The van der Waals surface area contributed by atoms with E-state index in [0.29, 0.717) is 0 Å². The number of ether oxygens (including phenoxy) is 1. The van der Waals surface area contributed by atoms with Crippen molar-refractivity contribution in [3.63, 3.8) is 0 Å². The predicted molar refractivity (Wildman–Crippen MR) is 74.1 cm³/mol. The molecule has 1 aliphatic heterocycles. The minimum absolute atomic E-state index is 0. The number of hydrogen-bond donors (Lipinski definition) is 1. The van der Waals surface area contributed by atoms with Crippen LogP contribution in [0.4, 0.5) is 0 Å². The van der Waals surface area contributed by atoms with Crippen LogP contribution < -0.4 is 10.1 Å². The summed E-state index contributed by atoms with van der Waals surface area (Å²) in [5, 5.41) is 12.7. The summed E-state index contributed by atoms with van der Waals surface area (Å²) in [5.74, 6) is 0.866. The van der Waals surface area contributed by atoms with Crippen molar-refractivity contribution in [3.8, 4) is 11.8 Å². The van der Waals surface area contributed by atoms with Gasteiger partial charge in [-0.15, -0.1) is 12.4 Å². The van der Waals surface area contributed by atoms with Gasteiger partial charge in [-0.1, -0.05) is 12.1 Å². The van der Waals surface area contributed by atoms with Crippen molar-refractivity contribution in [2.45, 2.75) is 19.3 Å². The highest BCUT2D eigenvalue weighted by molar-refractivity contribution is 5.85. The smallest absolute Gasteiger partial charge is 0.118 e. The number of benzene rings is 1. The first kappa shape index (κ1) is 14.8. The molecule has 4 heteroatoms. The molecule has 0 amide bonds. The summed E-state index contributed by atoms with van der Waals surface area (Å²) in [5.41, 5.74) is 1.04. The Morgan fingerprint density at radius 3 is 2.39 bits per heavy atom. The first-order valence-corrected chi connectivity index (χ1v) is 6.03. The lowest BCUT2D eigenvalue weighted by atomic mass is 9.75. The van der Waals surface area contributed by atoms with Gasteiger partial charge in [0.2, 0.25) is 0 Å². The lowest BCUT2D eigenvalue weighted by Gasteiger charge is -2.31. The van der Waals surface area contributed by atoms with E-state index in [4.69, 9.17) is 4.74 Å². The average Bonchev–Trinajstić information content (AvgIpc) is 2.41. The molecule has 18 heavy (non-hydrogen) atoms. The fraction of sp³-hybridized carbons (Fsp3) is 0.500. The van der Waals surface area contributed by atoms with Gasteiger partial charge in [-0.2, -0.15) is 5.26 Å². The van der Waals surface area contributed by atoms with Gasteiger partial charge in [0.25, 0.3) is 0 Å². The Balaban J connectivity index is 0.00000162. The molecule has 0 saturated carbocycles. The molecule has 0 aliphatic carbocycles. The second-order valence-corrected chi connectivity index (χ2v) is 4.67. The maximum Gasteiger partial charge on any atom is 0.118 e. The minimum Gasteiger partial charge on any atom is -0.497 e. The molecule has 1 saturated heterocycles. The predicted octanol–water partition coefficient (Wildman–Crippen LogP) is 2.55. The van der Waals surface area contributed by atoms with E-state index in [1.807, 2.05) is 12.1 Å². The molecule has 0 spiro atoms. The Morgan fingerprint density at radius 1 is 1.28 bits per heavy atom. The molecule has 1 aromatic carbocycles. The molecule has 0 atom stereocenters. The first-order chi connectivity index (χ1) is 8.28. The number of nitriles is 1. The van der Waals surface area contributed by atoms with E-state index < -0.39 is 0 Å². The molecule has 0 bridgehead atoms. The van der Waals surface area contributed by atoms with Crippen LogP contribution in [0.15, 0.2) is 24.3 Å². The van der Waals surface area contributed by atoms with Gasteiger partial charge in [0.15, 0.2) is 0 Å². The number of halogens is 1. The quantitative estimate of drug-likeness (QED) is 0.915. The van der Waals surface area contributed by atoms with E-state index in [9.17, 15) is 5.26 Å². The maximum absolute atomic E-state index is 9.40. The van der Waals surface area contributed by atoms with Gasteiger partial charge in [0, 0.05) is 0 Å². The van der Waals surface area contributed by atoms with E-state index >= 15 is 0 Å². The molecule has 1 fully saturated rings. The topological polar surface area (TPSA) is 45.0 Å². The zero-order chi connectivity index (χ0) is 12.1. The number of rotatable bonds is 3. The number of piperidine rings is 1. The number of methoxy groups -OCH3 is 1.